The summed E-state index contributed by atoms with van der Waals surface area (Å²) in [4.78, 5) is 42.5. The van der Waals surface area contributed by atoms with Crippen LogP contribution in [0.5, 0.6) is 5.88 Å². The first-order chi connectivity index (χ1) is 13.2. The first-order valence-electron chi connectivity index (χ1n) is 9.06. The van der Waals surface area contributed by atoms with Crippen molar-refractivity contribution in [3.05, 3.63) is 4.91 Å². The molecule has 28 heavy (non-hydrogen) atoms. The summed E-state index contributed by atoms with van der Waals surface area (Å²) >= 11 is 0. The molecule has 0 spiro atoms. The van der Waals surface area contributed by atoms with Crippen LogP contribution in [0, 0.1) is 4.91 Å². The van der Waals surface area contributed by atoms with E-state index in [1.165, 1.54) is 0 Å². The van der Waals surface area contributed by atoms with Gasteiger partial charge in [-0.05, 0) is 38.8 Å². The summed E-state index contributed by atoms with van der Waals surface area (Å²) in [6.45, 7) is 7.84. The first-order valence-corrected chi connectivity index (χ1v) is 9.06. The highest BCUT2D eigenvalue weighted by Gasteiger charge is 2.19. The fraction of sp³-hybridized carbons (Fsp3) is 0.647. The van der Waals surface area contributed by atoms with Crippen molar-refractivity contribution in [1.29, 1.82) is 0 Å². The standard InChI is InChI=1S/C17H28N6O5/c1-5-6-10-27-14-12(23-26)13(21-15(18)22-14)20-11(24)8-7-9-19-16(25)28-17(2,3)4/h5-10H2,1-4H3,(H,19,25)(H3,18,20,21,22,24). The summed E-state index contributed by atoms with van der Waals surface area (Å²) in [6, 6.07) is 0. The summed E-state index contributed by atoms with van der Waals surface area (Å²) in [7, 11) is 0. The molecule has 156 valence electrons. The Balaban J connectivity index is 2.59. The molecule has 1 aromatic rings. The van der Waals surface area contributed by atoms with Crippen LogP contribution in [-0.4, -0.2) is 40.7 Å². The molecular weight excluding hydrogens is 368 g/mol. The Kier molecular flexibility index (Phi) is 9.06. The second-order valence-corrected chi connectivity index (χ2v) is 6.96. The maximum absolute atomic E-state index is 12.1. The lowest BCUT2D eigenvalue weighted by Gasteiger charge is -2.19. The molecule has 0 saturated carbocycles. The van der Waals surface area contributed by atoms with Gasteiger partial charge >= 0.3 is 6.09 Å². The summed E-state index contributed by atoms with van der Waals surface area (Å²) < 4.78 is 10.5. The van der Waals surface area contributed by atoms with Crippen molar-refractivity contribution >= 4 is 29.5 Å². The van der Waals surface area contributed by atoms with E-state index in [0.717, 1.165) is 12.8 Å². The Hall–Kier alpha value is -2.98. The van der Waals surface area contributed by atoms with E-state index in [4.69, 9.17) is 15.2 Å². The van der Waals surface area contributed by atoms with E-state index >= 15 is 0 Å². The van der Waals surface area contributed by atoms with E-state index in [1.807, 2.05) is 6.92 Å². The van der Waals surface area contributed by atoms with Gasteiger partial charge in [-0.25, -0.2) is 4.79 Å². The third-order valence-electron chi connectivity index (χ3n) is 3.20. The highest BCUT2D eigenvalue weighted by Crippen LogP contribution is 2.33. The molecule has 4 N–H and O–H groups in total. The zero-order chi connectivity index (χ0) is 21.2. The lowest BCUT2D eigenvalue weighted by atomic mass is 10.2. The van der Waals surface area contributed by atoms with Crippen LogP contribution in [0.1, 0.15) is 53.4 Å². The second kappa shape index (κ2) is 11.0. The van der Waals surface area contributed by atoms with Gasteiger partial charge in [0.05, 0.1) is 6.61 Å². The number of amides is 2. The zero-order valence-corrected chi connectivity index (χ0v) is 16.7. The van der Waals surface area contributed by atoms with Gasteiger partial charge in [-0.3, -0.25) is 4.79 Å². The van der Waals surface area contributed by atoms with Gasteiger partial charge < -0.3 is 25.8 Å². The van der Waals surface area contributed by atoms with Crippen molar-refractivity contribution in [2.45, 2.75) is 59.0 Å². The summed E-state index contributed by atoms with van der Waals surface area (Å²) in [6.07, 6.45) is 1.53. The summed E-state index contributed by atoms with van der Waals surface area (Å²) in [5.74, 6) is -0.758. The average Bonchev–Trinajstić information content (AvgIpc) is 2.57. The molecule has 11 nitrogen and oxygen atoms in total. The Morgan fingerprint density at radius 1 is 1.21 bits per heavy atom. The predicted octanol–water partition coefficient (Wildman–Crippen LogP) is 2.88. The number of unbranched alkanes of at least 4 members (excludes halogenated alkanes) is 1. The number of nitrogens with one attached hydrogen (secondary N) is 2. The topological polar surface area (TPSA) is 158 Å². The molecule has 2 amide bonds. The van der Waals surface area contributed by atoms with Gasteiger partial charge in [-0.1, -0.05) is 13.3 Å². The largest absolute Gasteiger partial charge is 0.476 e. The van der Waals surface area contributed by atoms with Crippen LogP contribution in [0.4, 0.5) is 22.2 Å². The number of carbonyl (C=O) groups excluding carboxylic acids is 2. The predicted molar refractivity (Wildman–Crippen MR) is 104 cm³/mol. The molecule has 0 radical (unpaired) electrons. The molecule has 0 atom stereocenters. The molecule has 0 saturated heterocycles. The lowest BCUT2D eigenvalue weighted by Crippen LogP contribution is -2.33. The molecule has 11 heteroatoms. The van der Waals surface area contributed by atoms with Crippen molar-refractivity contribution in [3.8, 4) is 5.88 Å². The van der Waals surface area contributed by atoms with Crippen LogP contribution >= 0.6 is 0 Å². The minimum absolute atomic E-state index is 0.0714. The Morgan fingerprint density at radius 3 is 2.54 bits per heavy atom. The number of hydrogen-bond donors (Lipinski definition) is 3. The number of rotatable bonds is 10. The van der Waals surface area contributed by atoms with Gasteiger partial charge in [0.2, 0.25) is 17.5 Å². The molecule has 0 aromatic carbocycles. The monoisotopic (exact) mass is 396 g/mol. The summed E-state index contributed by atoms with van der Waals surface area (Å²) in [5.41, 5.74) is 4.80. The minimum Gasteiger partial charge on any atom is -0.476 e. The SMILES string of the molecule is CCCCOc1nc(N)nc(NC(=O)CCCNC(=O)OC(C)(C)C)c1N=O. The number of nitroso groups, excluding NO2 is 1. The van der Waals surface area contributed by atoms with E-state index < -0.39 is 17.6 Å². The molecular formula is C17H28N6O5. The molecule has 1 heterocycles. The van der Waals surface area contributed by atoms with Gasteiger partial charge in [0.1, 0.15) is 5.60 Å². The Labute approximate surface area is 163 Å². The molecule has 0 fully saturated rings. The molecule has 0 bridgehead atoms. The first kappa shape index (κ1) is 23.1. The number of nitrogens with zero attached hydrogens (tertiary/aromatic N) is 3. The van der Waals surface area contributed by atoms with Crippen LogP contribution < -0.4 is 21.1 Å². The number of anilines is 2. The van der Waals surface area contributed by atoms with Crippen LogP contribution in [0.3, 0.4) is 0 Å². The van der Waals surface area contributed by atoms with E-state index in [9.17, 15) is 14.5 Å². The van der Waals surface area contributed by atoms with Gasteiger partial charge in [0.25, 0.3) is 5.88 Å². The van der Waals surface area contributed by atoms with Crippen molar-refractivity contribution in [2.24, 2.45) is 5.18 Å². The maximum Gasteiger partial charge on any atom is 0.407 e. The van der Waals surface area contributed by atoms with E-state index in [1.54, 1.807) is 20.8 Å². The third-order valence-corrected chi connectivity index (χ3v) is 3.20. The molecule has 1 aromatic heterocycles. The minimum atomic E-state index is -0.594. The Morgan fingerprint density at radius 2 is 1.93 bits per heavy atom. The molecule has 0 aliphatic heterocycles. The number of carbonyl (C=O) groups is 2. The van der Waals surface area contributed by atoms with Crippen LogP contribution in [0.15, 0.2) is 5.18 Å². The maximum atomic E-state index is 12.1. The van der Waals surface area contributed by atoms with E-state index in [-0.39, 0.29) is 36.3 Å². The second-order valence-electron chi connectivity index (χ2n) is 6.96. The third kappa shape index (κ3) is 8.60. The molecule has 0 aliphatic rings. The van der Waals surface area contributed by atoms with Crippen LogP contribution in [-0.2, 0) is 9.53 Å². The molecule has 0 aliphatic carbocycles. The van der Waals surface area contributed by atoms with Gasteiger partial charge in [0.15, 0.2) is 5.82 Å². The number of aromatic nitrogens is 2. The van der Waals surface area contributed by atoms with Crippen LogP contribution in [0.2, 0.25) is 0 Å². The number of hydrogen-bond acceptors (Lipinski definition) is 9. The smallest absolute Gasteiger partial charge is 0.407 e. The average molecular weight is 396 g/mol. The fourth-order valence-corrected chi connectivity index (χ4v) is 1.98. The number of alkyl carbamates (subject to hydrolysis) is 1. The lowest BCUT2D eigenvalue weighted by molar-refractivity contribution is -0.116. The fourth-order valence-electron chi connectivity index (χ4n) is 1.98. The molecule has 1 rings (SSSR count). The quantitative estimate of drug-likeness (QED) is 0.402. The Bertz CT molecular complexity index is 689. The van der Waals surface area contributed by atoms with Crippen molar-refractivity contribution in [2.75, 3.05) is 24.2 Å². The van der Waals surface area contributed by atoms with Crippen molar-refractivity contribution in [3.63, 3.8) is 0 Å². The number of nitrogen functional groups attached to an aromatic ring is 1. The normalized spacial score (nSPS) is 10.9. The number of nitrogens with two attached hydrogens (primary N) is 1. The highest BCUT2D eigenvalue weighted by molar-refractivity contribution is 5.93. The van der Waals surface area contributed by atoms with Crippen molar-refractivity contribution in [1.82, 2.24) is 15.3 Å². The zero-order valence-electron chi connectivity index (χ0n) is 16.7. The summed E-state index contributed by atoms with van der Waals surface area (Å²) in [5, 5.41) is 7.88. The van der Waals surface area contributed by atoms with Crippen molar-refractivity contribution < 1.29 is 19.1 Å². The molecule has 0 unspecified atom stereocenters. The van der Waals surface area contributed by atoms with E-state index in [2.05, 4.69) is 25.8 Å². The van der Waals surface area contributed by atoms with Gasteiger partial charge in [-0.15, -0.1) is 4.91 Å². The van der Waals surface area contributed by atoms with Gasteiger partial charge in [0, 0.05) is 13.0 Å². The van der Waals surface area contributed by atoms with Gasteiger partial charge in [-0.2, -0.15) is 9.97 Å². The van der Waals surface area contributed by atoms with Crippen LogP contribution in [0.25, 0.3) is 0 Å². The highest BCUT2D eigenvalue weighted by atomic mass is 16.6. The van der Waals surface area contributed by atoms with E-state index in [0.29, 0.717) is 13.0 Å². The number of ether oxygens (including phenoxy) is 2.